The Balaban J connectivity index is 1.45. The summed E-state index contributed by atoms with van der Waals surface area (Å²) in [7, 11) is 0. The van der Waals surface area contributed by atoms with Gasteiger partial charge < -0.3 is 19.9 Å². The molecule has 1 aliphatic heterocycles. The summed E-state index contributed by atoms with van der Waals surface area (Å²) in [4.78, 5) is 45.1. The van der Waals surface area contributed by atoms with Crippen LogP contribution in [0.4, 0.5) is 19.0 Å². The van der Waals surface area contributed by atoms with Gasteiger partial charge in [0.2, 0.25) is 0 Å². The van der Waals surface area contributed by atoms with E-state index in [1.807, 2.05) is 5.32 Å². The molecule has 0 bridgehead atoms. The SMILES string of the molecule is O=C(NC[C@H]1CCCN1c1ccc(-n2ccc(OCc3ccc(Cl)cn3)cc2=O)c(=O)[nH]1)C(F)(F)F. The molecule has 0 unspecified atom stereocenters. The Kier molecular flexibility index (Phi) is 7.34. The molecule has 0 saturated carbocycles. The second-order valence-corrected chi connectivity index (χ2v) is 8.52. The maximum Gasteiger partial charge on any atom is 0.471 e. The molecule has 2 N–H and O–H groups in total. The number of hydrogen-bond donors (Lipinski definition) is 2. The Bertz CT molecular complexity index is 1360. The monoisotopic (exact) mass is 523 g/mol. The maximum atomic E-state index is 12.8. The second kappa shape index (κ2) is 10.4. The van der Waals surface area contributed by atoms with Crippen LogP contribution in [-0.4, -0.2) is 45.7 Å². The molecule has 13 heteroatoms. The van der Waals surface area contributed by atoms with Gasteiger partial charge in [-0.3, -0.25) is 23.9 Å². The highest BCUT2D eigenvalue weighted by molar-refractivity contribution is 6.30. The van der Waals surface area contributed by atoms with E-state index in [1.165, 1.54) is 30.6 Å². The molecule has 1 saturated heterocycles. The number of carbonyl (C=O) groups excluding carboxylic acids is 1. The number of anilines is 1. The molecule has 3 aromatic rings. The first-order valence-electron chi connectivity index (χ1n) is 10.9. The Hall–Kier alpha value is -3.80. The molecule has 1 fully saturated rings. The number of rotatable bonds is 7. The molecule has 1 atom stereocenters. The van der Waals surface area contributed by atoms with Gasteiger partial charge in [0.25, 0.3) is 11.1 Å². The van der Waals surface area contributed by atoms with Crippen molar-refractivity contribution in [1.82, 2.24) is 19.9 Å². The normalized spacial score (nSPS) is 15.7. The van der Waals surface area contributed by atoms with Crippen LogP contribution < -0.4 is 26.1 Å². The Labute approximate surface area is 207 Å². The molecule has 0 radical (unpaired) electrons. The number of nitrogens with zero attached hydrogens (tertiary/aromatic N) is 3. The minimum atomic E-state index is -4.96. The van der Waals surface area contributed by atoms with E-state index in [9.17, 15) is 27.6 Å². The first-order chi connectivity index (χ1) is 17.1. The highest BCUT2D eigenvalue weighted by Crippen LogP contribution is 2.24. The van der Waals surface area contributed by atoms with Crippen molar-refractivity contribution in [2.45, 2.75) is 31.7 Å². The molecule has 0 spiro atoms. The summed E-state index contributed by atoms with van der Waals surface area (Å²) in [5.41, 5.74) is -0.369. The Morgan fingerprint density at radius 3 is 2.69 bits per heavy atom. The summed E-state index contributed by atoms with van der Waals surface area (Å²) < 4.78 is 44.2. The van der Waals surface area contributed by atoms with Crippen molar-refractivity contribution < 1.29 is 22.7 Å². The van der Waals surface area contributed by atoms with E-state index in [4.69, 9.17) is 16.3 Å². The van der Waals surface area contributed by atoms with Crippen LogP contribution in [0.5, 0.6) is 5.75 Å². The summed E-state index contributed by atoms with van der Waals surface area (Å²) in [5.74, 6) is -1.33. The predicted octanol–water partition coefficient (Wildman–Crippen LogP) is 2.80. The van der Waals surface area contributed by atoms with Gasteiger partial charge in [0, 0.05) is 37.6 Å². The lowest BCUT2D eigenvalue weighted by Crippen LogP contribution is -2.45. The molecule has 9 nitrogen and oxygen atoms in total. The molecule has 4 heterocycles. The van der Waals surface area contributed by atoms with Gasteiger partial charge in [-0.25, -0.2) is 0 Å². The minimum absolute atomic E-state index is 0.0655. The number of ether oxygens (including phenoxy) is 1. The Morgan fingerprint density at radius 1 is 1.22 bits per heavy atom. The summed E-state index contributed by atoms with van der Waals surface area (Å²) in [6, 6.07) is 8.76. The van der Waals surface area contributed by atoms with Crippen LogP contribution in [0.15, 0.2) is 58.4 Å². The minimum Gasteiger partial charge on any atom is -0.487 e. The zero-order valence-corrected chi connectivity index (χ0v) is 19.5. The number of carbonyl (C=O) groups is 1. The average Bonchev–Trinajstić information content (AvgIpc) is 3.30. The third-order valence-corrected chi connectivity index (χ3v) is 5.87. The van der Waals surface area contributed by atoms with Crippen LogP contribution >= 0.6 is 11.6 Å². The van der Waals surface area contributed by atoms with E-state index in [0.29, 0.717) is 41.7 Å². The highest BCUT2D eigenvalue weighted by atomic mass is 35.5. The fourth-order valence-electron chi connectivity index (χ4n) is 3.89. The lowest BCUT2D eigenvalue weighted by molar-refractivity contribution is -0.173. The number of amides is 1. The standard InChI is InChI=1S/C23H21ClF3N5O4/c24-14-3-4-15(28-11-14)13-36-17-7-9-32(20(33)10-17)18-5-6-19(30-21(18)34)31-8-1-2-16(31)12-29-22(35)23(25,26)27/h3-7,9-11,16H,1-2,8,12-13H2,(H,29,35)(H,30,34)/t16-/m1/s1. The fourth-order valence-corrected chi connectivity index (χ4v) is 4.00. The van der Waals surface area contributed by atoms with Crippen LogP contribution in [0.3, 0.4) is 0 Å². The van der Waals surface area contributed by atoms with Crippen LogP contribution in [0.2, 0.25) is 5.02 Å². The number of aromatic nitrogens is 3. The summed E-state index contributed by atoms with van der Waals surface area (Å²) >= 11 is 5.80. The van der Waals surface area contributed by atoms with Crippen molar-refractivity contribution in [3.05, 3.63) is 80.2 Å². The molecule has 190 valence electrons. The predicted molar refractivity (Wildman–Crippen MR) is 126 cm³/mol. The summed E-state index contributed by atoms with van der Waals surface area (Å²) in [6.45, 7) is 0.404. The van der Waals surface area contributed by atoms with Crippen LogP contribution in [0, 0.1) is 0 Å². The van der Waals surface area contributed by atoms with Gasteiger partial charge in [-0.1, -0.05) is 11.6 Å². The first-order valence-corrected chi connectivity index (χ1v) is 11.3. The fraction of sp³-hybridized carbons (Fsp3) is 0.304. The first kappa shape index (κ1) is 25.3. The zero-order valence-electron chi connectivity index (χ0n) is 18.7. The third-order valence-electron chi connectivity index (χ3n) is 5.64. The van der Waals surface area contributed by atoms with Crippen molar-refractivity contribution in [2.75, 3.05) is 18.0 Å². The number of alkyl halides is 3. The van der Waals surface area contributed by atoms with Crippen molar-refractivity contribution >= 4 is 23.3 Å². The molecular formula is C23H21ClF3N5O4. The van der Waals surface area contributed by atoms with Gasteiger partial charge >= 0.3 is 12.1 Å². The molecule has 0 aromatic carbocycles. The maximum absolute atomic E-state index is 12.8. The molecule has 0 aliphatic carbocycles. The van der Waals surface area contributed by atoms with E-state index in [1.54, 1.807) is 23.1 Å². The third kappa shape index (κ3) is 5.88. The van der Waals surface area contributed by atoms with E-state index in [2.05, 4.69) is 9.97 Å². The molecule has 3 aromatic heterocycles. The molecule has 4 rings (SSSR count). The van der Waals surface area contributed by atoms with E-state index >= 15 is 0 Å². The van der Waals surface area contributed by atoms with Crippen molar-refractivity contribution in [3.63, 3.8) is 0 Å². The van der Waals surface area contributed by atoms with Crippen molar-refractivity contribution in [1.29, 1.82) is 0 Å². The van der Waals surface area contributed by atoms with E-state index in [-0.39, 0.29) is 18.8 Å². The number of pyridine rings is 3. The van der Waals surface area contributed by atoms with Gasteiger partial charge in [0.1, 0.15) is 23.9 Å². The largest absolute Gasteiger partial charge is 0.487 e. The quantitative estimate of drug-likeness (QED) is 0.493. The molecule has 36 heavy (non-hydrogen) atoms. The molecular weight excluding hydrogens is 503 g/mol. The number of H-pyrrole nitrogens is 1. The number of aromatic amines is 1. The smallest absolute Gasteiger partial charge is 0.471 e. The van der Waals surface area contributed by atoms with Gasteiger partial charge in [-0.05, 0) is 43.2 Å². The molecule has 1 amide bonds. The van der Waals surface area contributed by atoms with Crippen LogP contribution in [0.1, 0.15) is 18.5 Å². The number of halogens is 4. The molecule has 1 aliphatic rings. The highest BCUT2D eigenvalue weighted by Gasteiger charge is 2.39. The van der Waals surface area contributed by atoms with Crippen molar-refractivity contribution in [3.8, 4) is 11.4 Å². The van der Waals surface area contributed by atoms with Crippen LogP contribution in [-0.2, 0) is 11.4 Å². The average molecular weight is 524 g/mol. The topological polar surface area (TPSA) is 109 Å². The van der Waals surface area contributed by atoms with Crippen LogP contribution in [0.25, 0.3) is 5.69 Å². The van der Waals surface area contributed by atoms with Gasteiger partial charge in [-0.2, -0.15) is 13.2 Å². The lowest BCUT2D eigenvalue weighted by Gasteiger charge is -2.26. The summed E-state index contributed by atoms with van der Waals surface area (Å²) in [5, 5.41) is 2.38. The van der Waals surface area contributed by atoms with Crippen molar-refractivity contribution in [2.24, 2.45) is 0 Å². The van der Waals surface area contributed by atoms with Gasteiger partial charge in [-0.15, -0.1) is 0 Å². The Morgan fingerprint density at radius 2 is 2.03 bits per heavy atom. The summed E-state index contributed by atoms with van der Waals surface area (Å²) in [6.07, 6.45) is -0.837. The second-order valence-electron chi connectivity index (χ2n) is 8.08. The lowest BCUT2D eigenvalue weighted by atomic mass is 10.2. The van der Waals surface area contributed by atoms with Gasteiger partial charge in [0.15, 0.2) is 0 Å². The van der Waals surface area contributed by atoms with Gasteiger partial charge in [0.05, 0.1) is 10.7 Å². The number of nitrogens with one attached hydrogen (secondary N) is 2. The van der Waals surface area contributed by atoms with E-state index < -0.39 is 29.2 Å². The number of hydrogen-bond acceptors (Lipinski definition) is 6. The zero-order chi connectivity index (χ0) is 25.9. The van der Waals surface area contributed by atoms with E-state index in [0.717, 1.165) is 4.57 Å².